The maximum atomic E-state index is 12.5. The zero-order valence-corrected chi connectivity index (χ0v) is 13.8. The molecule has 0 aliphatic rings. The average Bonchev–Trinajstić information content (AvgIpc) is 2.53. The Hall–Kier alpha value is -1.40. The summed E-state index contributed by atoms with van der Waals surface area (Å²) in [7, 11) is 3.12. The Bertz CT molecular complexity index is 621. The molecule has 0 radical (unpaired) electrons. The Balaban J connectivity index is 2.06. The lowest BCUT2D eigenvalue weighted by Gasteiger charge is -2.10. The summed E-state index contributed by atoms with van der Waals surface area (Å²) < 4.78 is 35.3. The fourth-order valence-corrected chi connectivity index (χ4v) is 3.34. The van der Waals surface area contributed by atoms with E-state index in [0.29, 0.717) is 22.4 Å². The largest absolute Gasteiger partial charge is 0.497 e. The standard InChI is InChI=1S/C16H16F2O2S2/c1-19-12-4-3-5-13(9-12)21-10-11-6-7-15(22-16(17)18)14(8-11)20-2/h3-9,16H,10H2,1-2H3. The van der Waals surface area contributed by atoms with E-state index in [4.69, 9.17) is 9.47 Å². The van der Waals surface area contributed by atoms with E-state index >= 15 is 0 Å². The summed E-state index contributed by atoms with van der Waals surface area (Å²) in [6, 6.07) is 13.1. The molecule has 0 saturated heterocycles. The quantitative estimate of drug-likeness (QED) is 0.634. The minimum absolute atomic E-state index is 0.452. The van der Waals surface area contributed by atoms with Crippen molar-refractivity contribution in [3.63, 3.8) is 0 Å². The molecule has 2 rings (SSSR count). The summed E-state index contributed by atoms with van der Waals surface area (Å²) in [6.07, 6.45) is 0. The van der Waals surface area contributed by atoms with Crippen molar-refractivity contribution in [2.24, 2.45) is 0 Å². The van der Waals surface area contributed by atoms with E-state index in [0.717, 1.165) is 22.0 Å². The summed E-state index contributed by atoms with van der Waals surface area (Å²) in [6.45, 7) is 0. The van der Waals surface area contributed by atoms with Crippen LogP contribution in [-0.2, 0) is 5.75 Å². The first-order valence-corrected chi connectivity index (χ1v) is 8.37. The molecule has 0 unspecified atom stereocenters. The first kappa shape index (κ1) is 17.0. The van der Waals surface area contributed by atoms with Crippen LogP contribution in [0.1, 0.15) is 5.56 Å². The molecule has 0 saturated carbocycles. The van der Waals surface area contributed by atoms with E-state index in [1.807, 2.05) is 30.3 Å². The monoisotopic (exact) mass is 342 g/mol. The van der Waals surface area contributed by atoms with Gasteiger partial charge in [0.1, 0.15) is 11.5 Å². The second kappa shape index (κ2) is 8.29. The lowest BCUT2D eigenvalue weighted by Crippen LogP contribution is -1.91. The maximum Gasteiger partial charge on any atom is 0.289 e. The first-order chi connectivity index (χ1) is 10.6. The molecule has 0 aromatic heterocycles. The summed E-state index contributed by atoms with van der Waals surface area (Å²) in [5, 5.41) is 0. The Morgan fingerprint density at radius 1 is 1.05 bits per heavy atom. The van der Waals surface area contributed by atoms with Crippen molar-refractivity contribution in [2.75, 3.05) is 14.2 Å². The number of rotatable bonds is 7. The van der Waals surface area contributed by atoms with E-state index in [9.17, 15) is 8.78 Å². The Morgan fingerprint density at radius 3 is 2.55 bits per heavy atom. The molecule has 0 N–H and O–H groups in total. The van der Waals surface area contributed by atoms with E-state index in [1.54, 1.807) is 31.0 Å². The molecule has 2 aromatic rings. The normalized spacial score (nSPS) is 10.8. The van der Waals surface area contributed by atoms with Crippen LogP contribution < -0.4 is 9.47 Å². The molecule has 0 aliphatic carbocycles. The van der Waals surface area contributed by atoms with Gasteiger partial charge in [-0.1, -0.05) is 23.9 Å². The fourth-order valence-electron chi connectivity index (χ4n) is 1.85. The van der Waals surface area contributed by atoms with Crippen molar-refractivity contribution in [3.8, 4) is 11.5 Å². The topological polar surface area (TPSA) is 18.5 Å². The van der Waals surface area contributed by atoms with Crippen LogP contribution in [0.5, 0.6) is 11.5 Å². The molecule has 0 atom stereocenters. The van der Waals surface area contributed by atoms with Gasteiger partial charge in [-0.05, 0) is 35.9 Å². The second-order valence-electron chi connectivity index (χ2n) is 4.33. The molecule has 118 valence electrons. The van der Waals surface area contributed by atoms with E-state index < -0.39 is 5.76 Å². The molecule has 0 bridgehead atoms. The first-order valence-electron chi connectivity index (χ1n) is 6.51. The van der Waals surface area contributed by atoms with Gasteiger partial charge >= 0.3 is 0 Å². The van der Waals surface area contributed by atoms with Crippen LogP contribution in [-0.4, -0.2) is 20.0 Å². The minimum atomic E-state index is -2.45. The summed E-state index contributed by atoms with van der Waals surface area (Å²) in [5.74, 6) is -0.436. The van der Waals surface area contributed by atoms with Crippen molar-refractivity contribution in [2.45, 2.75) is 21.3 Å². The lowest BCUT2D eigenvalue weighted by molar-refractivity contribution is 0.251. The number of alkyl halides is 2. The predicted molar refractivity (Wildman–Crippen MR) is 87.4 cm³/mol. The Morgan fingerprint density at radius 2 is 1.86 bits per heavy atom. The summed E-state index contributed by atoms with van der Waals surface area (Å²) in [4.78, 5) is 1.54. The molecular formula is C16H16F2O2S2. The number of halogens is 2. The molecule has 6 heteroatoms. The predicted octanol–water partition coefficient (Wildman–Crippen LogP) is 5.31. The molecule has 0 fully saturated rings. The third-order valence-electron chi connectivity index (χ3n) is 2.89. The minimum Gasteiger partial charge on any atom is -0.497 e. The SMILES string of the molecule is COc1cccc(SCc2ccc(SC(F)F)c(OC)c2)c1. The highest BCUT2D eigenvalue weighted by Crippen LogP contribution is 2.35. The van der Waals surface area contributed by atoms with Crippen molar-refractivity contribution in [1.29, 1.82) is 0 Å². The molecule has 0 amide bonds. The fraction of sp³-hybridized carbons (Fsp3) is 0.250. The second-order valence-corrected chi connectivity index (χ2v) is 6.41. The molecule has 0 spiro atoms. The zero-order valence-electron chi connectivity index (χ0n) is 12.2. The van der Waals surface area contributed by atoms with Crippen LogP contribution in [0.3, 0.4) is 0 Å². The van der Waals surface area contributed by atoms with Crippen LogP contribution in [0, 0.1) is 0 Å². The van der Waals surface area contributed by atoms with Gasteiger partial charge in [-0.3, -0.25) is 0 Å². The zero-order chi connectivity index (χ0) is 15.9. The van der Waals surface area contributed by atoms with Crippen molar-refractivity contribution >= 4 is 23.5 Å². The van der Waals surface area contributed by atoms with E-state index in [1.165, 1.54) is 7.11 Å². The number of hydrogen-bond acceptors (Lipinski definition) is 4. The number of benzene rings is 2. The van der Waals surface area contributed by atoms with Gasteiger partial charge < -0.3 is 9.47 Å². The van der Waals surface area contributed by atoms with Gasteiger partial charge in [0.2, 0.25) is 0 Å². The van der Waals surface area contributed by atoms with Crippen molar-refractivity contribution in [1.82, 2.24) is 0 Å². The van der Waals surface area contributed by atoms with Crippen LogP contribution in [0.4, 0.5) is 8.78 Å². The van der Waals surface area contributed by atoms with Gasteiger partial charge in [0, 0.05) is 10.6 Å². The van der Waals surface area contributed by atoms with Gasteiger partial charge in [-0.2, -0.15) is 8.78 Å². The maximum absolute atomic E-state index is 12.5. The molecule has 0 heterocycles. The van der Waals surface area contributed by atoms with Crippen LogP contribution in [0.25, 0.3) is 0 Å². The molecule has 2 nitrogen and oxygen atoms in total. The molecule has 2 aromatic carbocycles. The lowest BCUT2D eigenvalue weighted by atomic mass is 10.2. The van der Waals surface area contributed by atoms with Crippen LogP contribution in [0.2, 0.25) is 0 Å². The Labute approximate surface area is 137 Å². The number of hydrogen-bond donors (Lipinski definition) is 0. The summed E-state index contributed by atoms with van der Waals surface area (Å²) >= 11 is 2.15. The summed E-state index contributed by atoms with van der Waals surface area (Å²) in [5.41, 5.74) is 1.02. The highest BCUT2D eigenvalue weighted by atomic mass is 32.2. The van der Waals surface area contributed by atoms with Gasteiger partial charge in [-0.25, -0.2) is 0 Å². The number of ether oxygens (including phenoxy) is 2. The van der Waals surface area contributed by atoms with Crippen molar-refractivity contribution in [3.05, 3.63) is 48.0 Å². The van der Waals surface area contributed by atoms with Gasteiger partial charge in [0.05, 0.1) is 19.1 Å². The van der Waals surface area contributed by atoms with E-state index in [-0.39, 0.29) is 0 Å². The smallest absolute Gasteiger partial charge is 0.289 e. The molecule has 22 heavy (non-hydrogen) atoms. The molecule has 0 aliphatic heterocycles. The average molecular weight is 342 g/mol. The van der Waals surface area contributed by atoms with Crippen LogP contribution in [0.15, 0.2) is 52.3 Å². The van der Waals surface area contributed by atoms with Gasteiger partial charge in [0.25, 0.3) is 5.76 Å². The van der Waals surface area contributed by atoms with E-state index in [2.05, 4.69) is 0 Å². The van der Waals surface area contributed by atoms with Gasteiger partial charge in [0.15, 0.2) is 0 Å². The Kier molecular flexibility index (Phi) is 6.39. The third-order valence-corrected chi connectivity index (χ3v) is 4.73. The third kappa shape index (κ3) is 4.81. The number of methoxy groups -OCH3 is 2. The number of thioether (sulfide) groups is 2. The highest BCUT2D eigenvalue weighted by molar-refractivity contribution is 7.99. The van der Waals surface area contributed by atoms with Crippen LogP contribution >= 0.6 is 23.5 Å². The highest BCUT2D eigenvalue weighted by Gasteiger charge is 2.11. The van der Waals surface area contributed by atoms with Crippen molar-refractivity contribution < 1.29 is 18.3 Å². The van der Waals surface area contributed by atoms with Gasteiger partial charge in [-0.15, -0.1) is 11.8 Å². The molecular weight excluding hydrogens is 326 g/mol.